The van der Waals surface area contributed by atoms with Gasteiger partial charge in [0.2, 0.25) is 5.76 Å². The molecule has 0 spiro atoms. The van der Waals surface area contributed by atoms with Gasteiger partial charge in [0.05, 0.1) is 24.6 Å². The number of furan rings is 1. The maximum absolute atomic E-state index is 12.4. The monoisotopic (exact) mass is 312 g/mol. The number of hydrogen-bond donors (Lipinski definition) is 1. The highest BCUT2D eigenvalue weighted by Gasteiger charge is 2.22. The molecule has 116 valence electrons. The van der Waals surface area contributed by atoms with Crippen molar-refractivity contribution in [2.24, 2.45) is 0 Å². The van der Waals surface area contributed by atoms with Crippen molar-refractivity contribution in [1.82, 2.24) is 4.98 Å². The summed E-state index contributed by atoms with van der Waals surface area (Å²) in [5.41, 5.74) is 0.615. The molecule has 0 radical (unpaired) electrons. The van der Waals surface area contributed by atoms with Gasteiger partial charge in [-0.25, -0.2) is 9.78 Å². The van der Waals surface area contributed by atoms with E-state index in [2.05, 4.69) is 10.3 Å². The first kappa shape index (κ1) is 14.6. The van der Waals surface area contributed by atoms with Crippen molar-refractivity contribution in [2.75, 3.05) is 12.4 Å². The van der Waals surface area contributed by atoms with Crippen molar-refractivity contribution in [3.05, 3.63) is 60.3 Å². The van der Waals surface area contributed by atoms with Gasteiger partial charge in [0.1, 0.15) is 0 Å². The average molecular weight is 312 g/mol. The number of hydrogen-bond acceptors (Lipinski definition) is 6. The third-order valence-electron chi connectivity index (χ3n) is 3.11. The Morgan fingerprint density at radius 3 is 2.70 bits per heavy atom. The van der Waals surface area contributed by atoms with Gasteiger partial charge in [0.15, 0.2) is 17.8 Å². The average Bonchev–Trinajstić information content (AvgIpc) is 3.25. The molecule has 0 unspecified atom stereocenters. The van der Waals surface area contributed by atoms with Crippen molar-refractivity contribution in [3.8, 4) is 11.5 Å². The zero-order valence-corrected chi connectivity index (χ0v) is 12.1. The Balaban J connectivity index is 1.90. The molecule has 0 aliphatic carbocycles. The van der Waals surface area contributed by atoms with E-state index in [1.165, 1.54) is 13.4 Å². The number of anilines is 1. The largest absolute Gasteiger partial charge is 0.465 e. The van der Waals surface area contributed by atoms with E-state index in [9.17, 15) is 9.59 Å². The van der Waals surface area contributed by atoms with Gasteiger partial charge in [0.25, 0.3) is 5.91 Å². The fourth-order valence-corrected chi connectivity index (χ4v) is 2.05. The van der Waals surface area contributed by atoms with Crippen molar-refractivity contribution < 1.29 is 23.2 Å². The summed E-state index contributed by atoms with van der Waals surface area (Å²) in [5, 5.41) is 2.63. The summed E-state index contributed by atoms with van der Waals surface area (Å²) in [6, 6.07) is 9.84. The van der Waals surface area contributed by atoms with Gasteiger partial charge in [-0.05, 0) is 24.3 Å². The van der Waals surface area contributed by atoms with Crippen LogP contribution in [0.1, 0.15) is 20.8 Å². The van der Waals surface area contributed by atoms with Gasteiger partial charge in [-0.15, -0.1) is 0 Å². The van der Waals surface area contributed by atoms with Crippen molar-refractivity contribution >= 4 is 17.6 Å². The Kier molecular flexibility index (Phi) is 3.92. The zero-order chi connectivity index (χ0) is 16.2. The molecule has 1 N–H and O–H groups in total. The van der Waals surface area contributed by atoms with E-state index in [4.69, 9.17) is 13.6 Å². The number of ether oxygens (including phenoxy) is 1. The molecule has 0 saturated heterocycles. The summed E-state index contributed by atoms with van der Waals surface area (Å²) in [6.07, 6.45) is 2.62. The quantitative estimate of drug-likeness (QED) is 0.744. The Morgan fingerprint density at radius 1 is 1.13 bits per heavy atom. The highest BCUT2D eigenvalue weighted by atomic mass is 16.5. The van der Waals surface area contributed by atoms with Crippen LogP contribution in [0.4, 0.5) is 5.69 Å². The van der Waals surface area contributed by atoms with Gasteiger partial charge in [-0.2, -0.15) is 0 Å². The van der Waals surface area contributed by atoms with E-state index in [-0.39, 0.29) is 17.0 Å². The van der Waals surface area contributed by atoms with Crippen LogP contribution in [0.5, 0.6) is 0 Å². The third kappa shape index (κ3) is 2.84. The number of nitrogens with one attached hydrogen (secondary N) is 1. The molecule has 0 aliphatic rings. The predicted molar refractivity (Wildman–Crippen MR) is 79.9 cm³/mol. The summed E-state index contributed by atoms with van der Waals surface area (Å²) in [7, 11) is 1.27. The van der Waals surface area contributed by atoms with E-state index < -0.39 is 11.9 Å². The molecule has 23 heavy (non-hydrogen) atoms. The lowest BCUT2D eigenvalue weighted by atomic mass is 10.1. The van der Waals surface area contributed by atoms with Crippen LogP contribution < -0.4 is 5.32 Å². The second-order valence-corrected chi connectivity index (χ2v) is 4.50. The Hall–Kier alpha value is -3.35. The Morgan fingerprint density at radius 2 is 1.96 bits per heavy atom. The van der Waals surface area contributed by atoms with Crippen LogP contribution in [-0.4, -0.2) is 24.0 Å². The number of para-hydroxylation sites is 1. The first-order chi connectivity index (χ1) is 11.2. The van der Waals surface area contributed by atoms with Gasteiger partial charge in [-0.3, -0.25) is 4.79 Å². The minimum atomic E-state index is -0.549. The lowest BCUT2D eigenvalue weighted by Crippen LogP contribution is -2.16. The second kappa shape index (κ2) is 6.18. The molecular formula is C16H12N2O5. The number of benzene rings is 1. The number of oxazole rings is 1. The molecule has 3 aromatic rings. The number of methoxy groups -OCH3 is 1. The fraction of sp³-hybridized carbons (Fsp3) is 0.0625. The van der Waals surface area contributed by atoms with Crippen LogP contribution in [0, 0.1) is 0 Å². The molecule has 0 atom stereocenters. The van der Waals surface area contributed by atoms with E-state index in [1.54, 1.807) is 36.4 Å². The van der Waals surface area contributed by atoms with E-state index >= 15 is 0 Å². The van der Waals surface area contributed by atoms with Crippen LogP contribution in [0.25, 0.3) is 11.5 Å². The molecule has 7 heteroatoms. The fourth-order valence-electron chi connectivity index (χ4n) is 2.05. The lowest BCUT2D eigenvalue weighted by Gasteiger charge is -2.08. The molecule has 0 saturated carbocycles. The summed E-state index contributed by atoms with van der Waals surface area (Å²) in [5.74, 6) is -0.481. The SMILES string of the molecule is COC(=O)c1ccccc1NC(=O)c1ncoc1-c1ccco1. The van der Waals surface area contributed by atoms with Crippen LogP contribution in [0.3, 0.4) is 0 Å². The van der Waals surface area contributed by atoms with Crippen molar-refractivity contribution in [1.29, 1.82) is 0 Å². The topological polar surface area (TPSA) is 94.6 Å². The molecule has 7 nitrogen and oxygen atoms in total. The maximum Gasteiger partial charge on any atom is 0.339 e. The second-order valence-electron chi connectivity index (χ2n) is 4.50. The smallest absolute Gasteiger partial charge is 0.339 e. The van der Waals surface area contributed by atoms with Gasteiger partial charge in [0, 0.05) is 0 Å². The number of rotatable bonds is 4. The minimum Gasteiger partial charge on any atom is -0.465 e. The molecule has 0 bridgehead atoms. The van der Waals surface area contributed by atoms with Gasteiger partial charge < -0.3 is 18.9 Å². The molecule has 0 aliphatic heterocycles. The van der Waals surface area contributed by atoms with E-state index in [0.29, 0.717) is 11.4 Å². The molecule has 0 fully saturated rings. The van der Waals surface area contributed by atoms with Crippen molar-refractivity contribution in [3.63, 3.8) is 0 Å². The summed E-state index contributed by atoms with van der Waals surface area (Å²) in [6.45, 7) is 0. The number of amides is 1. The van der Waals surface area contributed by atoms with Gasteiger partial charge >= 0.3 is 5.97 Å². The molecular weight excluding hydrogens is 300 g/mol. The van der Waals surface area contributed by atoms with E-state index in [0.717, 1.165) is 6.39 Å². The number of nitrogens with zero attached hydrogens (tertiary/aromatic N) is 1. The third-order valence-corrected chi connectivity index (χ3v) is 3.11. The van der Waals surface area contributed by atoms with Crippen LogP contribution in [0.2, 0.25) is 0 Å². The first-order valence-electron chi connectivity index (χ1n) is 6.66. The molecule has 1 amide bonds. The molecule has 1 aromatic carbocycles. The highest BCUT2D eigenvalue weighted by Crippen LogP contribution is 2.25. The maximum atomic E-state index is 12.4. The standard InChI is InChI=1S/C16H12N2O5/c1-21-16(20)10-5-2-3-6-11(10)18-15(19)13-14(23-9-17-13)12-7-4-8-22-12/h2-9H,1H3,(H,18,19). The summed E-state index contributed by atoms with van der Waals surface area (Å²) < 4.78 is 15.1. The summed E-state index contributed by atoms with van der Waals surface area (Å²) >= 11 is 0. The van der Waals surface area contributed by atoms with Crippen LogP contribution in [-0.2, 0) is 4.74 Å². The van der Waals surface area contributed by atoms with Crippen LogP contribution in [0.15, 0.2) is 57.9 Å². The van der Waals surface area contributed by atoms with Crippen molar-refractivity contribution in [2.45, 2.75) is 0 Å². The molecule has 2 heterocycles. The Bertz CT molecular complexity index is 836. The predicted octanol–water partition coefficient (Wildman–Crippen LogP) is 2.97. The van der Waals surface area contributed by atoms with Gasteiger partial charge in [-0.1, -0.05) is 12.1 Å². The molecule has 2 aromatic heterocycles. The lowest BCUT2D eigenvalue weighted by molar-refractivity contribution is 0.0602. The number of carbonyl (C=O) groups excluding carboxylic acids is 2. The number of esters is 1. The van der Waals surface area contributed by atoms with E-state index in [1.807, 2.05) is 0 Å². The summed E-state index contributed by atoms with van der Waals surface area (Å²) in [4.78, 5) is 28.1. The minimum absolute atomic E-state index is 0.0552. The number of carbonyl (C=O) groups is 2. The highest BCUT2D eigenvalue weighted by molar-refractivity contribution is 6.09. The normalized spacial score (nSPS) is 10.3. The zero-order valence-electron chi connectivity index (χ0n) is 12.1. The van der Waals surface area contributed by atoms with Crippen LogP contribution >= 0.6 is 0 Å². The Labute approximate surface area is 130 Å². The number of aromatic nitrogens is 1. The first-order valence-corrected chi connectivity index (χ1v) is 6.66. The molecule has 3 rings (SSSR count).